The van der Waals surface area contributed by atoms with E-state index in [2.05, 4.69) is 21.2 Å². The van der Waals surface area contributed by atoms with Gasteiger partial charge in [0.2, 0.25) is 11.8 Å². The van der Waals surface area contributed by atoms with Crippen LogP contribution in [0.3, 0.4) is 0 Å². The van der Waals surface area contributed by atoms with Crippen LogP contribution in [-0.4, -0.2) is 35.1 Å². The number of hydrogen-bond donors (Lipinski definition) is 1. The molecule has 2 aromatic carbocycles. The van der Waals surface area contributed by atoms with E-state index in [1.807, 2.05) is 62.4 Å². The highest BCUT2D eigenvalue weighted by Gasteiger charge is 2.26. The second-order valence-electron chi connectivity index (χ2n) is 6.64. The van der Waals surface area contributed by atoms with Gasteiger partial charge in [0.05, 0.1) is 5.75 Å². The van der Waals surface area contributed by atoms with Gasteiger partial charge in [-0.05, 0) is 49.6 Å². The lowest BCUT2D eigenvalue weighted by atomic mass is 10.1. The fourth-order valence-corrected chi connectivity index (χ4v) is 3.93. The van der Waals surface area contributed by atoms with Crippen LogP contribution in [0.2, 0.25) is 0 Å². The van der Waals surface area contributed by atoms with Gasteiger partial charge in [-0.25, -0.2) is 0 Å². The SMILES string of the molecule is CCNC(=O)[C@H](C)N(Cc1ccccc1C)C(=O)CSCc1ccc(Br)cc1. The van der Waals surface area contributed by atoms with Crippen molar-refractivity contribution in [2.45, 2.75) is 39.1 Å². The molecule has 150 valence electrons. The van der Waals surface area contributed by atoms with E-state index in [0.717, 1.165) is 21.4 Å². The molecule has 28 heavy (non-hydrogen) atoms. The summed E-state index contributed by atoms with van der Waals surface area (Å²) in [7, 11) is 0. The minimum Gasteiger partial charge on any atom is -0.355 e. The molecule has 0 saturated heterocycles. The highest BCUT2D eigenvalue weighted by Crippen LogP contribution is 2.19. The zero-order valence-corrected chi connectivity index (χ0v) is 19.0. The van der Waals surface area contributed by atoms with Crippen LogP contribution >= 0.6 is 27.7 Å². The predicted octanol–water partition coefficient (Wildman–Crippen LogP) is 4.54. The lowest BCUT2D eigenvalue weighted by molar-refractivity contribution is -0.138. The zero-order valence-electron chi connectivity index (χ0n) is 16.6. The summed E-state index contributed by atoms with van der Waals surface area (Å²) in [5.41, 5.74) is 3.35. The molecule has 4 nitrogen and oxygen atoms in total. The molecule has 6 heteroatoms. The largest absolute Gasteiger partial charge is 0.355 e. The van der Waals surface area contributed by atoms with E-state index in [1.54, 1.807) is 23.6 Å². The van der Waals surface area contributed by atoms with Gasteiger partial charge in [0.1, 0.15) is 6.04 Å². The van der Waals surface area contributed by atoms with Gasteiger partial charge >= 0.3 is 0 Å². The Balaban J connectivity index is 2.06. The van der Waals surface area contributed by atoms with Crippen molar-refractivity contribution in [3.8, 4) is 0 Å². The van der Waals surface area contributed by atoms with Crippen molar-refractivity contribution in [3.05, 3.63) is 69.7 Å². The quantitative estimate of drug-likeness (QED) is 0.594. The number of halogens is 1. The Kier molecular flexibility index (Phi) is 9.06. The first-order valence-electron chi connectivity index (χ1n) is 9.36. The van der Waals surface area contributed by atoms with Crippen LogP contribution in [-0.2, 0) is 21.9 Å². The minimum atomic E-state index is -0.514. The van der Waals surface area contributed by atoms with Gasteiger partial charge in [-0.3, -0.25) is 9.59 Å². The molecule has 0 unspecified atom stereocenters. The second-order valence-corrected chi connectivity index (χ2v) is 8.54. The summed E-state index contributed by atoms with van der Waals surface area (Å²) in [6.07, 6.45) is 0. The molecular weight excluding hydrogens is 436 g/mol. The van der Waals surface area contributed by atoms with Crippen molar-refractivity contribution in [1.82, 2.24) is 10.2 Å². The maximum atomic E-state index is 13.0. The Morgan fingerprint density at radius 1 is 1.14 bits per heavy atom. The highest BCUT2D eigenvalue weighted by molar-refractivity contribution is 9.10. The number of amides is 2. The van der Waals surface area contributed by atoms with E-state index in [0.29, 0.717) is 18.8 Å². The minimum absolute atomic E-state index is 0.0240. The second kappa shape index (κ2) is 11.3. The summed E-state index contributed by atoms with van der Waals surface area (Å²) >= 11 is 5.00. The van der Waals surface area contributed by atoms with Gasteiger partial charge in [0.15, 0.2) is 0 Å². The summed E-state index contributed by atoms with van der Waals surface area (Å²) in [4.78, 5) is 27.0. The molecule has 0 bridgehead atoms. The van der Waals surface area contributed by atoms with E-state index in [4.69, 9.17) is 0 Å². The summed E-state index contributed by atoms with van der Waals surface area (Å²) in [5.74, 6) is 0.949. The molecule has 2 amide bonds. The summed E-state index contributed by atoms with van der Waals surface area (Å²) in [6, 6.07) is 15.6. The van der Waals surface area contributed by atoms with Gasteiger partial charge in [-0.15, -0.1) is 11.8 Å². The van der Waals surface area contributed by atoms with E-state index >= 15 is 0 Å². The van der Waals surface area contributed by atoms with Gasteiger partial charge in [-0.2, -0.15) is 0 Å². The summed E-state index contributed by atoms with van der Waals surface area (Å²) in [5, 5.41) is 2.82. The summed E-state index contributed by atoms with van der Waals surface area (Å²) in [6.45, 7) is 6.68. The number of rotatable bonds is 9. The number of likely N-dealkylation sites (N-methyl/N-ethyl adjacent to an activating group) is 1. The van der Waals surface area contributed by atoms with Crippen molar-refractivity contribution in [2.24, 2.45) is 0 Å². The smallest absolute Gasteiger partial charge is 0.242 e. The Bertz CT molecular complexity index is 795. The molecule has 0 fully saturated rings. The van der Waals surface area contributed by atoms with Crippen LogP contribution in [0.15, 0.2) is 53.0 Å². The highest BCUT2D eigenvalue weighted by atomic mass is 79.9. The molecule has 2 rings (SSSR count). The number of nitrogens with zero attached hydrogens (tertiary/aromatic N) is 1. The van der Waals surface area contributed by atoms with Crippen molar-refractivity contribution < 1.29 is 9.59 Å². The Hall–Kier alpha value is -1.79. The molecule has 0 saturated carbocycles. The Labute approximate surface area is 180 Å². The first kappa shape index (κ1) is 22.5. The van der Waals surface area contributed by atoms with E-state index in [-0.39, 0.29) is 11.8 Å². The van der Waals surface area contributed by atoms with Crippen molar-refractivity contribution in [2.75, 3.05) is 12.3 Å². The summed E-state index contributed by atoms with van der Waals surface area (Å²) < 4.78 is 1.04. The zero-order chi connectivity index (χ0) is 20.5. The lowest BCUT2D eigenvalue weighted by Crippen LogP contribution is -2.48. The van der Waals surface area contributed by atoms with Crippen LogP contribution in [0.5, 0.6) is 0 Å². The molecule has 0 aliphatic rings. The molecule has 2 aromatic rings. The average Bonchev–Trinajstić information content (AvgIpc) is 2.68. The molecule has 0 heterocycles. The first-order chi connectivity index (χ1) is 13.4. The van der Waals surface area contributed by atoms with Crippen LogP contribution in [0.1, 0.15) is 30.5 Å². The lowest BCUT2D eigenvalue weighted by Gasteiger charge is -2.29. The molecule has 0 radical (unpaired) electrons. The molecule has 0 aliphatic heterocycles. The predicted molar refractivity (Wildman–Crippen MR) is 120 cm³/mol. The third-order valence-electron chi connectivity index (χ3n) is 4.53. The maximum absolute atomic E-state index is 13.0. The average molecular weight is 463 g/mol. The normalized spacial score (nSPS) is 11.7. The van der Waals surface area contributed by atoms with Crippen LogP contribution < -0.4 is 5.32 Å². The van der Waals surface area contributed by atoms with E-state index in [9.17, 15) is 9.59 Å². The van der Waals surface area contributed by atoms with Gasteiger partial charge in [-0.1, -0.05) is 52.3 Å². The standard InChI is InChI=1S/C22H27BrN2O2S/c1-4-24-22(27)17(3)25(13-19-8-6-5-7-16(19)2)21(26)15-28-14-18-9-11-20(23)12-10-18/h5-12,17H,4,13-15H2,1-3H3,(H,24,27)/t17-/m0/s1. The van der Waals surface area contributed by atoms with Crippen molar-refractivity contribution in [3.63, 3.8) is 0 Å². The maximum Gasteiger partial charge on any atom is 0.242 e. The van der Waals surface area contributed by atoms with Crippen LogP contribution in [0.4, 0.5) is 0 Å². The molecular formula is C22H27BrN2O2S. The fourth-order valence-electron chi connectivity index (χ4n) is 2.80. The molecule has 1 N–H and O–H groups in total. The number of benzene rings is 2. The molecule has 0 aromatic heterocycles. The van der Waals surface area contributed by atoms with Gasteiger partial charge in [0.25, 0.3) is 0 Å². The third-order valence-corrected chi connectivity index (χ3v) is 6.04. The van der Waals surface area contributed by atoms with Crippen molar-refractivity contribution in [1.29, 1.82) is 0 Å². The number of carbonyl (C=O) groups is 2. The van der Waals surface area contributed by atoms with E-state index in [1.165, 1.54) is 5.56 Å². The molecule has 1 atom stereocenters. The van der Waals surface area contributed by atoms with Gasteiger partial charge < -0.3 is 10.2 Å². The number of carbonyl (C=O) groups excluding carboxylic acids is 2. The van der Waals surface area contributed by atoms with Gasteiger partial charge in [0, 0.05) is 23.3 Å². The Morgan fingerprint density at radius 3 is 2.46 bits per heavy atom. The molecule has 0 spiro atoms. The molecule has 0 aliphatic carbocycles. The first-order valence-corrected chi connectivity index (χ1v) is 11.3. The van der Waals surface area contributed by atoms with Crippen LogP contribution in [0.25, 0.3) is 0 Å². The van der Waals surface area contributed by atoms with E-state index < -0.39 is 6.04 Å². The number of aryl methyl sites for hydroxylation is 1. The Morgan fingerprint density at radius 2 is 1.82 bits per heavy atom. The van der Waals surface area contributed by atoms with Crippen molar-refractivity contribution >= 4 is 39.5 Å². The monoisotopic (exact) mass is 462 g/mol. The number of hydrogen-bond acceptors (Lipinski definition) is 3. The van der Waals surface area contributed by atoms with Crippen LogP contribution in [0, 0.1) is 6.92 Å². The fraction of sp³-hybridized carbons (Fsp3) is 0.364. The third kappa shape index (κ3) is 6.67. The topological polar surface area (TPSA) is 49.4 Å². The number of nitrogens with one attached hydrogen (secondary N) is 1. The number of thioether (sulfide) groups is 1.